The molecule has 2 rings (SSSR count). The molecule has 5 heteroatoms. The Morgan fingerprint density at radius 2 is 2.07 bits per heavy atom. The van der Waals surface area contributed by atoms with E-state index in [4.69, 9.17) is 11.6 Å². The fourth-order valence-corrected chi connectivity index (χ4v) is 5.64. The van der Waals surface area contributed by atoms with Crippen LogP contribution in [0.15, 0.2) is 12.5 Å². The molecule has 2 heterocycles. The van der Waals surface area contributed by atoms with Crippen LogP contribution in [0.2, 0.25) is 8.58 Å². The van der Waals surface area contributed by atoms with Gasteiger partial charge in [0.1, 0.15) is 0 Å². The zero-order valence-electron chi connectivity index (χ0n) is 8.93. The Balaban J connectivity index is 2.53. The summed E-state index contributed by atoms with van der Waals surface area (Å²) >= 11 is 5.42. The van der Waals surface area contributed by atoms with Crippen molar-refractivity contribution >= 4 is 47.4 Å². The third kappa shape index (κ3) is 2.45. The summed E-state index contributed by atoms with van der Waals surface area (Å²) in [6.07, 6.45) is 3.54. The van der Waals surface area contributed by atoms with Gasteiger partial charge in [-0.15, -0.1) is 0 Å². The Labute approximate surface area is 104 Å². The number of aromatic amines is 1. The number of halogens is 1. The van der Waals surface area contributed by atoms with Crippen LogP contribution in [0.4, 0.5) is 0 Å². The van der Waals surface area contributed by atoms with Gasteiger partial charge in [0.25, 0.3) is 0 Å². The molecule has 2 aromatic rings. The Kier molecular flexibility index (Phi) is 2.94. The van der Waals surface area contributed by atoms with E-state index in [0.717, 1.165) is 11.0 Å². The average molecular weight is 328 g/mol. The van der Waals surface area contributed by atoms with Gasteiger partial charge in [0.05, 0.1) is 0 Å². The SMILES string of the molecule is C[C](C)(C)[Sn][c]1c[nH]c2ncnc(Cl)c12. The molecule has 0 amide bonds. The molecular weight excluding hydrogens is 316 g/mol. The Bertz CT molecular complexity index is 487. The molecule has 0 fully saturated rings. The number of aromatic nitrogens is 3. The molecule has 2 radical (unpaired) electrons. The van der Waals surface area contributed by atoms with E-state index in [9.17, 15) is 0 Å². The van der Waals surface area contributed by atoms with Gasteiger partial charge in [0, 0.05) is 0 Å². The third-order valence-corrected chi connectivity index (χ3v) is 6.25. The zero-order valence-corrected chi connectivity index (χ0v) is 12.5. The van der Waals surface area contributed by atoms with Crippen LogP contribution in [0.5, 0.6) is 0 Å². The molecule has 0 saturated carbocycles. The zero-order chi connectivity index (χ0) is 11.1. The van der Waals surface area contributed by atoms with E-state index in [2.05, 4.69) is 35.7 Å². The summed E-state index contributed by atoms with van der Waals surface area (Å²) in [5.74, 6) is 0. The number of nitrogens with one attached hydrogen (secondary N) is 1. The first-order valence-electron chi connectivity index (χ1n) is 4.73. The molecular formula is C10H12ClN3Sn. The van der Waals surface area contributed by atoms with Gasteiger partial charge in [-0.3, -0.25) is 0 Å². The normalized spacial score (nSPS) is 12.3. The van der Waals surface area contributed by atoms with Gasteiger partial charge in [-0.2, -0.15) is 0 Å². The van der Waals surface area contributed by atoms with Crippen molar-refractivity contribution in [2.24, 2.45) is 0 Å². The van der Waals surface area contributed by atoms with E-state index in [1.54, 1.807) is 0 Å². The number of hydrogen-bond donors (Lipinski definition) is 1. The molecule has 2 aromatic heterocycles. The van der Waals surface area contributed by atoms with Crippen LogP contribution in [-0.4, -0.2) is 36.1 Å². The number of rotatable bonds is 1. The second kappa shape index (κ2) is 3.94. The van der Waals surface area contributed by atoms with Gasteiger partial charge in [-0.1, -0.05) is 0 Å². The summed E-state index contributed by atoms with van der Waals surface area (Å²) in [4.78, 5) is 11.4. The number of nitrogens with zero attached hydrogens (tertiary/aromatic N) is 2. The molecule has 0 atom stereocenters. The molecule has 0 spiro atoms. The fourth-order valence-electron chi connectivity index (χ4n) is 1.43. The number of hydrogen-bond acceptors (Lipinski definition) is 2. The van der Waals surface area contributed by atoms with Crippen LogP contribution in [0.1, 0.15) is 20.8 Å². The average Bonchev–Trinajstić information content (AvgIpc) is 2.47. The Morgan fingerprint density at radius 3 is 2.73 bits per heavy atom. The van der Waals surface area contributed by atoms with Crippen molar-refractivity contribution in [3.8, 4) is 0 Å². The molecule has 0 aliphatic rings. The van der Waals surface area contributed by atoms with Gasteiger partial charge >= 0.3 is 104 Å². The van der Waals surface area contributed by atoms with E-state index in [1.807, 2.05) is 6.20 Å². The van der Waals surface area contributed by atoms with Crippen molar-refractivity contribution < 1.29 is 0 Å². The van der Waals surface area contributed by atoms with Gasteiger partial charge < -0.3 is 0 Å². The van der Waals surface area contributed by atoms with Crippen molar-refractivity contribution in [3.05, 3.63) is 17.7 Å². The fraction of sp³-hybridized carbons (Fsp3) is 0.400. The molecule has 3 nitrogen and oxygen atoms in total. The monoisotopic (exact) mass is 329 g/mol. The maximum atomic E-state index is 6.09. The van der Waals surface area contributed by atoms with Crippen LogP contribution in [0.3, 0.4) is 0 Å². The van der Waals surface area contributed by atoms with E-state index in [-0.39, 0.29) is 0 Å². The first-order chi connectivity index (χ1) is 6.97. The second-order valence-corrected chi connectivity index (χ2v) is 11.4. The molecule has 78 valence electrons. The summed E-state index contributed by atoms with van der Waals surface area (Å²) in [6, 6.07) is 0. The molecule has 0 unspecified atom stereocenters. The molecule has 0 aromatic carbocycles. The Hall–Kier alpha value is -0.291. The maximum absolute atomic E-state index is 6.09. The van der Waals surface area contributed by atoms with E-state index in [0.29, 0.717) is 8.58 Å². The summed E-state index contributed by atoms with van der Waals surface area (Å²) in [5.41, 5.74) is 0.857. The van der Waals surface area contributed by atoms with Crippen LogP contribution < -0.4 is 3.58 Å². The predicted molar refractivity (Wildman–Crippen MR) is 64.0 cm³/mol. The van der Waals surface area contributed by atoms with Crippen molar-refractivity contribution in [1.82, 2.24) is 15.0 Å². The van der Waals surface area contributed by atoms with E-state index < -0.39 is 21.1 Å². The van der Waals surface area contributed by atoms with Crippen molar-refractivity contribution in [3.63, 3.8) is 0 Å². The molecule has 0 bridgehead atoms. The van der Waals surface area contributed by atoms with Crippen LogP contribution in [0.25, 0.3) is 11.0 Å². The van der Waals surface area contributed by atoms with Gasteiger partial charge in [-0.25, -0.2) is 0 Å². The first kappa shape index (κ1) is 11.2. The summed E-state index contributed by atoms with van der Waals surface area (Å²) in [7, 11) is 0. The molecule has 15 heavy (non-hydrogen) atoms. The molecule has 1 N–H and O–H groups in total. The molecule has 0 aliphatic carbocycles. The van der Waals surface area contributed by atoms with Crippen molar-refractivity contribution in [2.75, 3.05) is 0 Å². The second-order valence-electron chi connectivity index (χ2n) is 4.47. The number of H-pyrrole nitrogens is 1. The predicted octanol–water partition coefficient (Wildman–Crippen LogP) is 2.16. The van der Waals surface area contributed by atoms with Crippen LogP contribution >= 0.6 is 11.6 Å². The summed E-state index contributed by atoms with van der Waals surface area (Å²) < 4.78 is 1.75. The van der Waals surface area contributed by atoms with Crippen LogP contribution in [0, 0.1) is 0 Å². The van der Waals surface area contributed by atoms with Gasteiger partial charge in [0.2, 0.25) is 0 Å². The van der Waals surface area contributed by atoms with Crippen molar-refractivity contribution in [2.45, 2.75) is 24.2 Å². The third-order valence-electron chi connectivity index (χ3n) is 1.93. The minimum atomic E-state index is -0.667. The molecule has 0 aliphatic heterocycles. The van der Waals surface area contributed by atoms with Crippen molar-refractivity contribution in [1.29, 1.82) is 0 Å². The van der Waals surface area contributed by atoms with Gasteiger partial charge in [-0.05, 0) is 0 Å². The van der Waals surface area contributed by atoms with Crippen LogP contribution in [-0.2, 0) is 0 Å². The summed E-state index contributed by atoms with van der Waals surface area (Å²) in [5, 5.41) is 1.60. The first-order valence-corrected chi connectivity index (χ1v) is 7.96. The minimum absolute atomic E-state index is 0.400. The standard InChI is InChI=1S/C6H3ClN3.C4H9.Sn/c7-5-4-1-2-8-6(4)10-3-9-5;1-4(2)3;/h2-3H,(H,8,9,10);1-3H3;. The topological polar surface area (TPSA) is 41.6 Å². The Morgan fingerprint density at radius 1 is 1.33 bits per heavy atom. The van der Waals surface area contributed by atoms with E-state index in [1.165, 1.54) is 9.91 Å². The molecule has 0 saturated heterocycles. The van der Waals surface area contributed by atoms with Gasteiger partial charge in [0.15, 0.2) is 0 Å². The van der Waals surface area contributed by atoms with E-state index >= 15 is 0 Å². The number of fused-ring (bicyclic) bond motifs is 1. The summed E-state index contributed by atoms with van der Waals surface area (Å²) in [6.45, 7) is 6.82. The quantitative estimate of drug-likeness (QED) is 0.644.